The Kier molecular flexibility index (Phi) is 6.46. The standard InChI is InChI=1S/C21H19NO6S/c1-3-27-21(25)16-11-17(14-7-5-4-6-8-14)29-19(16)22-18(23)13(2)28-20(24)15-9-10-26-12-15/h4-13H,3H2,1-2H3,(H,22,23). The zero-order chi connectivity index (χ0) is 20.8. The van der Waals surface area contributed by atoms with Gasteiger partial charge in [-0.1, -0.05) is 30.3 Å². The Morgan fingerprint density at radius 3 is 2.55 bits per heavy atom. The number of anilines is 1. The van der Waals surface area contributed by atoms with E-state index in [2.05, 4.69) is 5.32 Å². The summed E-state index contributed by atoms with van der Waals surface area (Å²) >= 11 is 1.24. The molecule has 3 aromatic rings. The fourth-order valence-corrected chi connectivity index (χ4v) is 3.52. The number of carbonyl (C=O) groups is 3. The van der Waals surface area contributed by atoms with E-state index in [0.29, 0.717) is 5.00 Å². The van der Waals surface area contributed by atoms with Gasteiger partial charge >= 0.3 is 11.9 Å². The monoisotopic (exact) mass is 413 g/mol. The Bertz CT molecular complexity index is 994. The normalized spacial score (nSPS) is 11.5. The summed E-state index contributed by atoms with van der Waals surface area (Å²) in [4.78, 5) is 37.7. The minimum Gasteiger partial charge on any atom is -0.472 e. The second-order valence-electron chi connectivity index (χ2n) is 5.99. The summed E-state index contributed by atoms with van der Waals surface area (Å²) in [5, 5.41) is 3.00. The van der Waals surface area contributed by atoms with Crippen LogP contribution in [0.1, 0.15) is 34.6 Å². The van der Waals surface area contributed by atoms with E-state index >= 15 is 0 Å². The molecule has 0 aliphatic carbocycles. The summed E-state index contributed by atoms with van der Waals surface area (Å²) in [7, 11) is 0. The minimum absolute atomic E-state index is 0.208. The average Bonchev–Trinajstić information content (AvgIpc) is 3.39. The first kappa shape index (κ1) is 20.3. The Balaban J connectivity index is 1.79. The van der Waals surface area contributed by atoms with Crippen molar-refractivity contribution in [1.82, 2.24) is 0 Å². The Morgan fingerprint density at radius 1 is 1.14 bits per heavy atom. The number of nitrogens with one attached hydrogen (secondary N) is 1. The van der Waals surface area contributed by atoms with Gasteiger partial charge in [-0.2, -0.15) is 0 Å². The molecule has 2 aromatic heterocycles. The lowest BCUT2D eigenvalue weighted by molar-refractivity contribution is -0.123. The van der Waals surface area contributed by atoms with Gasteiger partial charge in [-0.3, -0.25) is 4.79 Å². The van der Waals surface area contributed by atoms with Crippen LogP contribution in [0.4, 0.5) is 5.00 Å². The van der Waals surface area contributed by atoms with Crippen molar-refractivity contribution in [2.24, 2.45) is 0 Å². The van der Waals surface area contributed by atoms with E-state index in [-0.39, 0.29) is 17.7 Å². The third-order valence-electron chi connectivity index (χ3n) is 3.93. The van der Waals surface area contributed by atoms with Gasteiger partial charge in [0.15, 0.2) is 6.10 Å². The predicted molar refractivity (Wildman–Crippen MR) is 108 cm³/mol. The summed E-state index contributed by atoms with van der Waals surface area (Å²) in [5.41, 5.74) is 1.36. The van der Waals surface area contributed by atoms with Gasteiger partial charge in [-0.25, -0.2) is 9.59 Å². The molecule has 2 heterocycles. The molecule has 0 aliphatic heterocycles. The quantitative estimate of drug-likeness (QED) is 0.578. The van der Waals surface area contributed by atoms with Gasteiger partial charge in [0.05, 0.1) is 24.0 Å². The van der Waals surface area contributed by atoms with E-state index in [0.717, 1.165) is 10.4 Å². The Labute approximate surface area is 171 Å². The Morgan fingerprint density at radius 2 is 1.90 bits per heavy atom. The number of esters is 2. The zero-order valence-electron chi connectivity index (χ0n) is 15.8. The van der Waals surface area contributed by atoms with Crippen LogP contribution in [0.5, 0.6) is 0 Å². The van der Waals surface area contributed by atoms with Crippen LogP contribution in [-0.4, -0.2) is 30.6 Å². The molecule has 1 unspecified atom stereocenters. The van der Waals surface area contributed by atoms with Crippen molar-refractivity contribution in [2.75, 3.05) is 11.9 Å². The van der Waals surface area contributed by atoms with Gasteiger partial charge in [0.25, 0.3) is 5.91 Å². The highest BCUT2D eigenvalue weighted by molar-refractivity contribution is 7.20. The number of thiophene rings is 1. The van der Waals surface area contributed by atoms with E-state index in [1.807, 2.05) is 30.3 Å². The van der Waals surface area contributed by atoms with E-state index in [1.165, 1.54) is 36.9 Å². The smallest absolute Gasteiger partial charge is 0.342 e. The second kappa shape index (κ2) is 9.20. The number of hydrogen-bond donors (Lipinski definition) is 1. The molecule has 150 valence electrons. The van der Waals surface area contributed by atoms with Crippen LogP contribution < -0.4 is 5.32 Å². The van der Waals surface area contributed by atoms with E-state index in [1.54, 1.807) is 13.0 Å². The number of hydrogen-bond acceptors (Lipinski definition) is 7. The number of rotatable bonds is 7. The summed E-state index contributed by atoms with van der Waals surface area (Å²) in [6.45, 7) is 3.36. The highest BCUT2D eigenvalue weighted by Crippen LogP contribution is 2.36. The fraction of sp³-hybridized carbons (Fsp3) is 0.190. The van der Waals surface area contributed by atoms with Crippen LogP contribution in [0, 0.1) is 0 Å². The molecule has 29 heavy (non-hydrogen) atoms. The topological polar surface area (TPSA) is 94.8 Å². The summed E-state index contributed by atoms with van der Waals surface area (Å²) in [5.74, 6) is -1.78. The van der Waals surface area contributed by atoms with Crippen molar-refractivity contribution in [3.8, 4) is 10.4 Å². The molecule has 1 aromatic carbocycles. The molecule has 0 saturated carbocycles. The second-order valence-corrected chi connectivity index (χ2v) is 7.04. The van der Waals surface area contributed by atoms with Gasteiger partial charge in [0.2, 0.25) is 0 Å². The van der Waals surface area contributed by atoms with Crippen LogP contribution in [0.2, 0.25) is 0 Å². The third-order valence-corrected chi connectivity index (χ3v) is 5.03. The lowest BCUT2D eigenvalue weighted by Crippen LogP contribution is -2.30. The van der Waals surface area contributed by atoms with Gasteiger partial charge in [-0.15, -0.1) is 11.3 Å². The molecule has 0 radical (unpaired) electrons. The highest BCUT2D eigenvalue weighted by atomic mass is 32.1. The molecular weight excluding hydrogens is 394 g/mol. The lowest BCUT2D eigenvalue weighted by atomic mass is 10.1. The highest BCUT2D eigenvalue weighted by Gasteiger charge is 2.24. The van der Waals surface area contributed by atoms with Gasteiger partial charge < -0.3 is 19.2 Å². The number of carbonyl (C=O) groups excluding carboxylic acids is 3. The van der Waals surface area contributed by atoms with Crippen molar-refractivity contribution < 1.29 is 28.3 Å². The molecule has 1 N–H and O–H groups in total. The van der Waals surface area contributed by atoms with Gasteiger partial charge in [0.1, 0.15) is 11.3 Å². The zero-order valence-corrected chi connectivity index (χ0v) is 16.7. The number of benzene rings is 1. The number of furan rings is 1. The van der Waals surface area contributed by atoms with E-state index in [9.17, 15) is 14.4 Å². The van der Waals surface area contributed by atoms with Gasteiger partial charge in [0, 0.05) is 4.88 Å². The molecule has 0 bridgehead atoms. The summed E-state index contributed by atoms with van der Waals surface area (Å²) < 4.78 is 15.1. The first-order chi connectivity index (χ1) is 14.0. The van der Waals surface area contributed by atoms with Crippen molar-refractivity contribution in [2.45, 2.75) is 20.0 Å². The lowest BCUT2D eigenvalue weighted by Gasteiger charge is -2.13. The van der Waals surface area contributed by atoms with Crippen LogP contribution in [0.25, 0.3) is 10.4 Å². The van der Waals surface area contributed by atoms with Crippen molar-refractivity contribution in [3.63, 3.8) is 0 Å². The molecule has 0 saturated heterocycles. The molecule has 7 nitrogen and oxygen atoms in total. The molecule has 0 spiro atoms. The molecule has 1 amide bonds. The first-order valence-corrected chi connectivity index (χ1v) is 9.71. The van der Waals surface area contributed by atoms with Crippen LogP contribution in [-0.2, 0) is 14.3 Å². The summed E-state index contributed by atoms with van der Waals surface area (Å²) in [6.07, 6.45) is 1.50. The van der Waals surface area contributed by atoms with Gasteiger partial charge in [-0.05, 0) is 31.5 Å². The first-order valence-electron chi connectivity index (χ1n) is 8.90. The van der Waals surface area contributed by atoms with Crippen molar-refractivity contribution in [3.05, 3.63) is 66.1 Å². The summed E-state index contributed by atoms with van der Waals surface area (Å²) in [6, 6.07) is 12.6. The average molecular weight is 413 g/mol. The molecule has 1 atom stereocenters. The molecule has 8 heteroatoms. The van der Waals surface area contributed by atoms with E-state index in [4.69, 9.17) is 13.9 Å². The van der Waals surface area contributed by atoms with Crippen LogP contribution in [0.15, 0.2) is 59.4 Å². The SMILES string of the molecule is CCOC(=O)c1cc(-c2ccccc2)sc1NC(=O)C(C)OC(=O)c1ccoc1. The fourth-order valence-electron chi connectivity index (χ4n) is 2.47. The largest absolute Gasteiger partial charge is 0.472 e. The predicted octanol–water partition coefficient (Wildman–Crippen LogP) is 4.37. The minimum atomic E-state index is -1.07. The molecule has 0 fully saturated rings. The van der Waals surface area contributed by atoms with Crippen molar-refractivity contribution in [1.29, 1.82) is 0 Å². The Hall–Kier alpha value is -3.39. The van der Waals surface area contributed by atoms with E-state index < -0.39 is 23.9 Å². The van der Waals surface area contributed by atoms with Crippen molar-refractivity contribution >= 4 is 34.2 Å². The molecule has 3 rings (SSSR count). The maximum atomic E-state index is 12.5. The van der Waals surface area contributed by atoms with Crippen LogP contribution >= 0.6 is 11.3 Å². The maximum absolute atomic E-state index is 12.5. The number of ether oxygens (including phenoxy) is 2. The molecular formula is C21H19NO6S. The maximum Gasteiger partial charge on any atom is 0.342 e. The van der Waals surface area contributed by atoms with Crippen LogP contribution in [0.3, 0.4) is 0 Å². The molecule has 0 aliphatic rings. The number of amides is 1. The third kappa shape index (κ3) is 4.91.